The predicted molar refractivity (Wildman–Crippen MR) is 101 cm³/mol. The van der Waals surface area contributed by atoms with E-state index in [4.69, 9.17) is 4.74 Å². The van der Waals surface area contributed by atoms with Gasteiger partial charge < -0.3 is 10.1 Å². The SMILES string of the molecule is Cc1ccc(C(=O)NCC(=O)NNC(=O)C(C)Oc2ccc(F)cc2)cc1C. The molecule has 0 heterocycles. The van der Waals surface area contributed by atoms with E-state index in [1.54, 1.807) is 12.1 Å². The minimum atomic E-state index is -0.920. The van der Waals surface area contributed by atoms with Crippen LogP contribution in [0.25, 0.3) is 0 Å². The van der Waals surface area contributed by atoms with Crippen molar-refractivity contribution < 1.29 is 23.5 Å². The van der Waals surface area contributed by atoms with Crippen molar-refractivity contribution in [3.63, 3.8) is 0 Å². The number of hydrogen-bond donors (Lipinski definition) is 3. The molecule has 0 radical (unpaired) electrons. The van der Waals surface area contributed by atoms with Gasteiger partial charge in [0.2, 0.25) is 0 Å². The third kappa shape index (κ3) is 6.08. The molecule has 0 bridgehead atoms. The van der Waals surface area contributed by atoms with Crippen LogP contribution in [0.3, 0.4) is 0 Å². The Kier molecular flexibility index (Phi) is 7.08. The van der Waals surface area contributed by atoms with E-state index in [-0.39, 0.29) is 6.54 Å². The quantitative estimate of drug-likeness (QED) is 0.659. The number of hydrazine groups is 1. The van der Waals surface area contributed by atoms with Gasteiger partial charge in [-0.1, -0.05) is 6.07 Å². The zero-order valence-electron chi connectivity index (χ0n) is 15.8. The number of carbonyl (C=O) groups is 3. The molecule has 0 saturated carbocycles. The first-order chi connectivity index (χ1) is 13.3. The van der Waals surface area contributed by atoms with Crippen molar-refractivity contribution >= 4 is 17.7 Å². The molecule has 0 aliphatic carbocycles. The molecule has 28 heavy (non-hydrogen) atoms. The highest BCUT2D eigenvalue weighted by atomic mass is 19.1. The van der Waals surface area contributed by atoms with Crippen LogP contribution in [0.4, 0.5) is 4.39 Å². The summed E-state index contributed by atoms with van der Waals surface area (Å²) in [5, 5.41) is 2.47. The lowest BCUT2D eigenvalue weighted by Crippen LogP contribution is -2.50. The summed E-state index contributed by atoms with van der Waals surface area (Å²) in [6.45, 7) is 5.00. The molecule has 0 aliphatic rings. The Morgan fingerprint density at radius 1 is 1.00 bits per heavy atom. The monoisotopic (exact) mass is 387 g/mol. The highest BCUT2D eigenvalue weighted by molar-refractivity contribution is 5.96. The summed E-state index contributed by atoms with van der Waals surface area (Å²) in [7, 11) is 0. The van der Waals surface area contributed by atoms with E-state index >= 15 is 0 Å². The van der Waals surface area contributed by atoms with Crippen molar-refractivity contribution in [1.82, 2.24) is 16.2 Å². The molecule has 8 heteroatoms. The molecule has 1 unspecified atom stereocenters. The van der Waals surface area contributed by atoms with Crippen molar-refractivity contribution in [2.75, 3.05) is 6.54 Å². The van der Waals surface area contributed by atoms with Gasteiger partial charge in [0, 0.05) is 5.56 Å². The molecule has 3 amide bonds. The number of ether oxygens (including phenoxy) is 1. The maximum absolute atomic E-state index is 12.9. The number of hydrogen-bond acceptors (Lipinski definition) is 4. The largest absolute Gasteiger partial charge is 0.481 e. The summed E-state index contributed by atoms with van der Waals surface area (Å²) >= 11 is 0. The first kappa shape index (κ1) is 20.9. The topological polar surface area (TPSA) is 96.5 Å². The molecular weight excluding hydrogens is 365 g/mol. The second-order valence-corrected chi connectivity index (χ2v) is 6.23. The van der Waals surface area contributed by atoms with Gasteiger partial charge in [0.05, 0.1) is 6.54 Å². The Hall–Kier alpha value is -3.42. The Balaban J connectivity index is 1.75. The fourth-order valence-corrected chi connectivity index (χ4v) is 2.19. The van der Waals surface area contributed by atoms with Crippen LogP contribution in [0.2, 0.25) is 0 Å². The van der Waals surface area contributed by atoms with E-state index in [9.17, 15) is 18.8 Å². The zero-order valence-corrected chi connectivity index (χ0v) is 15.8. The molecule has 0 aromatic heterocycles. The number of aryl methyl sites for hydroxylation is 2. The maximum Gasteiger partial charge on any atom is 0.279 e. The molecule has 3 N–H and O–H groups in total. The van der Waals surface area contributed by atoms with Gasteiger partial charge in [-0.2, -0.15) is 0 Å². The molecule has 0 spiro atoms. The Bertz CT molecular complexity index is 868. The molecule has 0 aliphatic heterocycles. The second-order valence-electron chi connectivity index (χ2n) is 6.23. The van der Waals surface area contributed by atoms with Crippen molar-refractivity contribution in [3.8, 4) is 5.75 Å². The maximum atomic E-state index is 12.9. The van der Waals surface area contributed by atoms with Crippen LogP contribution in [-0.4, -0.2) is 30.4 Å². The van der Waals surface area contributed by atoms with Gasteiger partial charge in [-0.3, -0.25) is 25.2 Å². The molecular formula is C20H22FN3O4. The number of amides is 3. The number of benzene rings is 2. The number of rotatable bonds is 6. The fourth-order valence-electron chi connectivity index (χ4n) is 2.19. The van der Waals surface area contributed by atoms with Crippen LogP contribution in [0, 0.1) is 19.7 Å². The first-order valence-electron chi connectivity index (χ1n) is 8.62. The van der Waals surface area contributed by atoms with E-state index in [1.807, 2.05) is 19.9 Å². The Morgan fingerprint density at radius 3 is 2.32 bits per heavy atom. The normalized spacial score (nSPS) is 11.3. The zero-order chi connectivity index (χ0) is 20.7. The minimum absolute atomic E-state index is 0.306. The minimum Gasteiger partial charge on any atom is -0.481 e. The number of carbonyl (C=O) groups excluding carboxylic acids is 3. The van der Waals surface area contributed by atoms with Crippen LogP contribution in [-0.2, 0) is 9.59 Å². The highest BCUT2D eigenvalue weighted by Crippen LogP contribution is 2.13. The summed E-state index contributed by atoms with van der Waals surface area (Å²) < 4.78 is 18.2. The second kappa shape index (κ2) is 9.50. The lowest BCUT2D eigenvalue weighted by atomic mass is 10.1. The van der Waals surface area contributed by atoms with E-state index in [2.05, 4.69) is 16.2 Å². The smallest absolute Gasteiger partial charge is 0.279 e. The molecule has 2 aromatic rings. The van der Waals surface area contributed by atoms with Crippen molar-refractivity contribution in [2.24, 2.45) is 0 Å². The van der Waals surface area contributed by atoms with Crippen LogP contribution in [0.5, 0.6) is 5.75 Å². The average molecular weight is 387 g/mol. The van der Waals surface area contributed by atoms with E-state index in [0.717, 1.165) is 11.1 Å². The van der Waals surface area contributed by atoms with Crippen LogP contribution < -0.4 is 20.9 Å². The van der Waals surface area contributed by atoms with E-state index in [1.165, 1.54) is 31.2 Å². The highest BCUT2D eigenvalue weighted by Gasteiger charge is 2.16. The summed E-state index contributed by atoms with van der Waals surface area (Å²) in [5.74, 6) is -1.69. The number of nitrogens with one attached hydrogen (secondary N) is 3. The van der Waals surface area contributed by atoms with Gasteiger partial charge >= 0.3 is 0 Å². The third-order valence-electron chi connectivity index (χ3n) is 4.00. The lowest BCUT2D eigenvalue weighted by molar-refractivity contribution is -0.132. The van der Waals surface area contributed by atoms with Gasteiger partial charge in [-0.05, 0) is 68.3 Å². The molecule has 1 atom stereocenters. The molecule has 7 nitrogen and oxygen atoms in total. The Morgan fingerprint density at radius 2 is 1.68 bits per heavy atom. The van der Waals surface area contributed by atoms with Crippen LogP contribution >= 0.6 is 0 Å². The molecule has 0 fully saturated rings. The molecule has 2 aromatic carbocycles. The molecule has 0 saturated heterocycles. The molecule has 148 valence electrons. The van der Waals surface area contributed by atoms with Crippen molar-refractivity contribution in [2.45, 2.75) is 26.9 Å². The summed E-state index contributed by atoms with van der Waals surface area (Å²) in [4.78, 5) is 35.8. The van der Waals surface area contributed by atoms with Crippen molar-refractivity contribution in [3.05, 3.63) is 65.0 Å². The lowest BCUT2D eigenvalue weighted by Gasteiger charge is -2.15. The Labute approximate surface area is 162 Å². The standard InChI is InChI=1S/C20H22FN3O4/c1-12-4-5-15(10-13(12)2)20(27)22-11-18(25)23-24-19(26)14(3)28-17-8-6-16(21)7-9-17/h4-10,14H,11H2,1-3H3,(H,22,27)(H,23,25)(H,24,26). The average Bonchev–Trinajstić information content (AvgIpc) is 2.67. The predicted octanol–water partition coefficient (Wildman–Crippen LogP) is 1.79. The van der Waals surface area contributed by atoms with E-state index < -0.39 is 29.6 Å². The summed E-state index contributed by atoms with van der Waals surface area (Å²) in [5.41, 5.74) is 6.88. The summed E-state index contributed by atoms with van der Waals surface area (Å²) in [6, 6.07) is 10.4. The van der Waals surface area contributed by atoms with Gasteiger partial charge in [-0.25, -0.2) is 4.39 Å². The fraction of sp³-hybridized carbons (Fsp3) is 0.250. The van der Waals surface area contributed by atoms with Gasteiger partial charge in [0.15, 0.2) is 6.10 Å². The summed E-state index contributed by atoms with van der Waals surface area (Å²) in [6.07, 6.45) is -0.920. The molecule has 2 rings (SSSR count). The van der Waals surface area contributed by atoms with Crippen LogP contribution in [0.15, 0.2) is 42.5 Å². The van der Waals surface area contributed by atoms with Crippen molar-refractivity contribution in [1.29, 1.82) is 0 Å². The first-order valence-corrected chi connectivity index (χ1v) is 8.62. The van der Waals surface area contributed by atoms with Gasteiger partial charge in [0.25, 0.3) is 17.7 Å². The third-order valence-corrected chi connectivity index (χ3v) is 4.00. The van der Waals surface area contributed by atoms with Crippen LogP contribution in [0.1, 0.15) is 28.4 Å². The van der Waals surface area contributed by atoms with Gasteiger partial charge in [0.1, 0.15) is 11.6 Å². The van der Waals surface area contributed by atoms with Gasteiger partial charge in [-0.15, -0.1) is 0 Å². The van der Waals surface area contributed by atoms with E-state index in [0.29, 0.717) is 11.3 Å². The number of halogens is 1.